The van der Waals surface area contributed by atoms with Crippen molar-refractivity contribution in [2.24, 2.45) is 4.99 Å². The SMILES string of the molecule is CCOc1cccc(CNC(=NC)NCc2ccccc2C)c1OC(F)F.I. The van der Waals surface area contributed by atoms with E-state index >= 15 is 0 Å². The summed E-state index contributed by atoms with van der Waals surface area (Å²) >= 11 is 0. The summed E-state index contributed by atoms with van der Waals surface area (Å²) in [7, 11) is 1.65. The van der Waals surface area contributed by atoms with E-state index in [-0.39, 0.29) is 36.3 Å². The zero-order valence-electron chi connectivity index (χ0n) is 16.2. The molecule has 0 aliphatic rings. The van der Waals surface area contributed by atoms with Gasteiger partial charge in [0.15, 0.2) is 17.5 Å². The molecule has 2 N–H and O–H groups in total. The van der Waals surface area contributed by atoms with Gasteiger partial charge in [0.25, 0.3) is 0 Å². The summed E-state index contributed by atoms with van der Waals surface area (Å²) in [6, 6.07) is 13.1. The highest BCUT2D eigenvalue weighted by atomic mass is 127. The molecule has 0 amide bonds. The average Bonchev–Trinajstić information content (AvgIpc) is 2.65. The smallest absolute Gasteiger partial charge is 0.387 e. The first-order valence-electron chi connectivity index (χ1n) is 8.73. The first-order chi connectivity index (χ1) is 13.0. The van der Waals surface area contributed by atoms with Gasteiger partial charge >= 0.3 is 6.61 Å². The van der Waals surface area contributed by atoms with Crippen LogP contribution >= 0.6 is 24.0 Å². The van der Waals surface area contributed by atoms with E-state index in [2.05, 4.69) is 20.4 Å². The van der Waals surface area contributed by atoms with E-state index in [1.165, 1.54) is 5.56 Å². The van der Waals surface area contributed by atoms with Gasteiger partial charge in [-0.15, -0.1) is 24.0 Å². The van der Waals surface area contributed by atoms with Crippen molar-refractivity contribution in [3.05, 3.63) is 59.2 Å². The molecule has 2 rings (SSSR count). The highest BCUT2D eigenvalue weighted by molar-refractivity contribution is 14.0. The predicted molar refractivity (Wildman–Crippen MR) is 118 cm³/mol. The maximum absolute atomic E-state index is 12.8. The van der Waals surface area contributed by atoms with Gasteiger partial charge in [0.05, 0.1) is 6.61 Å². The Kier molecular flexibility index (Phi) is 10.6. The minimum Gasteiger partial charge on any atom is -0.490 e. The molecule has 0 heterocycles. The molecule has 28 heavy (non-hydrogen) atoms. The summed E-state index contributed by atoms with van der Waals surface area (Å²) in [6.45, 7) is 2.12. The number of hydrogen-bond donors (Lipinski definition) is 2. The van der Waals surface area contributed by atoms with Gasteiger partial charge in [0.1, 0.15) is 0 Å². The van der Waals surface area contributed by atoms with Crippen LogP contribution in [-0.2, 0) is 13.1 Å². The number of hydrogen-bond acceptors (Lipinski definition) is 3. The topological polar surface area (TPSA) is 54.9 Å². The van der Waals surface area contributed by atoms with Crippen LogP contribution in [0.5, 0.6) is 11.5 Å². The monoisotopic (exact) mass is 505 g/mol. The number of guanidine groups is 1. The summed E-state index contributed by atoms with van der Waals surface area (Å²) < 4.78 is 35.7. The van der Waals surface area contributed by atoms with Crippen LogP contribution in [-0.4, -0.2) is 26.2 Å². The fourth-order valence-electron chi connectivity index (χ4n) is 2.58. The lowest BCUT2D eigenvalue weighted by Gasteiger charge is -2.17. The van der Waals surface area contributed by atoms with E-state index in [9.17, 15) is 8.78 Å². The number of aliphatic imine (C=N–C) groups is 1. The van der Waals surface area contributed by atoms with Crippen molar-refractivity contribution in [1.82, 2.24) is 10.6 Å². The van der Waals surface area contributed by atoms with E-state index in [1.807, 2.05) is 31.2 Å². The van der Waals surface area contributed by atoms with E-state index in [0.717, 1.165) is 5.56 Å². The van der Waals surface area contributed by atoms with Gasteiger partial charge in [-0.3, -0.25) is 4.99 Å². The Morgan fingerprint density at radius 1 is 1.04 bits per heavy atom. The van der Waals surface area contributed by atoms with Gasteiger partial charge in [-0.1, -0.05) is 36.4 Å². The summed E-state index contributed by atoms with van der Waals surface area (Å²) in [6.07, 6.45) is 0. The molecule has 0 saturated carbocycles. The molecule has 0 unspecified atom stereocenters. The molecule has 0 aliphatic carbocycles. The quantitative estimate of drug-likeness (QED) is 0.316. The molecule has 0 atom stereocenters. The number of benzene rings is 2. The van der Waals surface area contributed by atoms with Crippen LogP contribution in [0.1, 0.15) is 23.6 Å². The Balaban J connectivity index is 0.00000392. The molecule has 0 radical (unpaired) electrons. The Hall–Kier alpha value is -2.10. The molecule has 154 valence electrons. The zero-order chi connectivity index (χ0) is 19.6. The van der Waals surface area contributed by atoms with Crippen molar-refractivity contribution in [1.29, 1.82) is 0 Å². The van der Waals surface area contributed by atoms with Gasteiger partial charge in [0.2, 0.25) is 0 Å². The van der Waals surface area contributed by atoms with Gasteiger partial charge < -0.3 is 20.1 Å². The molecule has 0 fully saturated rings. The van der Waals surface area contributed by atoms with Crippen LogP contribution in [0.2, 0.25) is 0 Å². The lowest BCUT2D eigenvalue weighted by molar-refractivity contribution is -0.0520. The van der Waals surface area contributed by atoms with E-state index < -0.39 is 6.61 Å². The van der Waals surface area contributed by atoms with Crippen LogP contribution in [0.15, 0.2) is 47.5 Å². The summed E-state index contributed by atoms with van der Waals surface area (Å²) in [5.41, 5.74) is 2.89. The molecule has 8 heteroatoms. The molecule has 2 aromatic carbocycles. The molecule has 0 bridgehead atoms. The summed E-state index contributed by atoms with van der Waals surface area (Å²) in [4.78, 5) is 4.17. The normalized spacial score (nSPS) is 11.0. The third-order valence-electron chi connectivity index (χ3n) is 3.94. The lowest BCUT2D eigenvalue weighted by atomic mass is 10.1. The second-order valence-corrected chi connectivity index (χ2v) is 5.76. The number of nitrogens with one attached hydrogen (secondary N) is 2. The number of ether oxygens (including phenoxy) is 2. The van der Waals surface area contributed by atoms with Gasteiger partial charge in [0, 0.05) is 25.7 Å². The Morgan fingerprint density at radius 3 is 2.29 bits per heavy atom. The van der Waals surface area contributed by atoms with Gasteiger partial charge in [-0.25, -0.2) is 0 Å². The molecule has 5 nitrogen and oxygen atoms in total. The molecule has 2 aromatic rings. The minimum atomic E-state index is -2.93. The third-order valence-corrected chi connectivity index (χ3v) is 3.94. The molecule has 0 aliphatic heterocycles. The second-order valence-electron chi connectivity index (χ2n) is 5.76. The fourth-order valence-corrected chi connectivity index (χ4v) is 2.58. The number of alkyl halides is 2. The van der Waals surface area contributed by atoms with Gasteiger partial charge in [-0.2, -0.15) is 8.78 Å². The van der Waals surface area contributed by atoms with E-state index in [0.29, 0.717) is 30.4 Å². The van der Waals surface area contributed by atoms with Crippen LogP contribution in [0.25, 0.3) is 0 Å². The fraction of sp³-hybridized carbons (Fsp3) is 0.350. The van der Waals surface area contributed by atoms with Crippen molar-refractivity contribution < 1.29 is 18.3 Å². The van der Waals surface area contributed by atoms with E-state index in [4.69, 9.17) is 4.74 Å². The molecule has 0 aromatic heterocycles. The highest BCUT2D eigenvalue weighted by Gasteiger charge is 2.16. The second kappa shape index (κ2) is 12.4. The molecular weight excluding hydrogens is 479 g/mol. The zero-order valence-corrected chi connectivity index (χ0v) is 18.5. The Bertz CT molecular complexity index is 773. The van der Waals surface area contributed by atoms with Crippen LogP contribution in [0, 0.1) is 6.92 Å². The van der Waals surface area contributed by atoms with Crippen LogP contribution in [0.3, 0.4) is 0 Å². The predicted octanol–water partition coefficient (Wildman–Crippen LogP) is 4.48. The maximum atomic E-state index is 12.8. The number of rotatable bonds is 8. The third kappa shape index (κ3) is 7.14. The first-order valence-corrected chi connectivity index (χ1v) is 8.73. The van der Waals surface area contributed by atoms with Crippen molar-refractivity contribution in [3.63, 3.8) is 0 Å². The summed E-state index contributed by atoms with van der Waals surface area (Å²) in [5, 5.41) is 6.33. The maximum Gasteiger partial charge on any atom is 0.387 e. The van der Waals surface area contributed by atoms with Crippen LogP contribution in [0.4, 0.5) is 8.78 Å². The lowest BCUT2D eigenvalue weighted by Crippen LogP contribution is -2.36. The van der Waals surface area contributed by atoms with Crippen molar-refractivity contribution in [3.8, 4) is 11.5 Å². The highest BCUT2D eigenvalue weighted by Crippen LogP contribution is 2.32. The number of nitrogens with zero attached hydrogens (tertiary/aromatic N) is 1. The Labute approximate surface area is 181 Å². The number of halogens is 3. The Morgan fingerprint density at radius 2 is 1.68 bits per heavy atom. The molecular formula is C20H26F2IN3O2. The molecule has 0 saturated heterocycles. The molecule has 0 spiro atoms. The minimum absolute atomic E-state index is 0. The largest absolute Gasteiger partial charge is 0.490 e. The van der Waals surface area contributed by atoms with Crippen molar-refractivity contribution in [2.45, 2.75) is 33.5 Å². The van der Waals surface area contributed by atoms with Gasteiger partial charge in [-0.05, 0) is 31.0 Å². The first kappa shape index (κ1) is 23.9. The van der Waals surface area contributed by atoms with Crippen molar-refractivity contribution in [2.75, 3.05) is 13.7 Å². The summed E-state index contributed by atoms with van der Waals surface area (Å²) in [5.74, 6) is 0.888. The van der Waals surface area contributed by atoms with Crippen molar-refractivity contribution >= 4 is 29.9 Å². The standard InChI is InChI=1S/C20H25F2N3O2.HI/c1-4-26-17-11-7-10-16(18(17)27-19(21)22)13-25-20(23-3)24-12-15-9-6-5-8-14(15)2;/h5-11,19H,4,12-13H2,1-3H3,(H2,23,24,25);1H. The van der Waals surface area contributed by atoms with Crippen LogP contribution < -0.4 is 20.1 Å². The number of para-hydroxylation sites is 1. The number of aryl methyl sites for hydroxylation is 1. The van der Waals surface area contributed by atoms with E-state index in [1.54, 1.807) is 32.2 Å². The average molecular weight is 505 g/mol.